The van der Waals surface area contributed by atoms with Crippen molar-refractivity contribution >= 4 is 10.0 Å². The first kappa shape index (κ1) is 15.6. The minimum atomic E-state index is -3.57. The quantitative estimate of drug-likeness (QED) is 0.879. The van der Waals surface area contributed by atoms with Gasteiger partial charge in [0.2, 0.25) is 10.0 Å². The fraction of sp³-hybridized carbons (Fsp3) is 0.267. The molecule has 0 unspecified atom stereocenters. The van der Waals surface area contributed by atoms with E-state index < -0.39 is 10.0 Å². The third-order valence-electron chi connectivity index (χ3n) is 3.22. The Labute approximate surface area is 125 Å². The summed E-state index contributed by atoms with van der Waals surface area (Å²) in [5, 5.41) is 0. The standard InChI is InChI=1S/C15H19N3O2S/c1-11-3-5-13(8-16)7-15(11)21(19,20)18-10-14-6-4-12(2)17-9-14/h3-7,9,18H,8,10,16H2,1-2H3. The number of pyridine rings is 1. The van der Waals surface area contributed by atoms with Crippen LogP contribution in [0.15, 0.2) is 41.4 Å². The summed E-state index contributed by atoms with van der Waals surface area (Å²) in [4.78, 5) is 4.42. The molecule has 6 heteroatoms. The van der Waals surface area contributed by atoms with E-state index >= 15 is 0 Å². The lowest BCUT2D eigenvalue weighted by atomic mass is 10.1. The molecule has 1 aromatic carbocycles. The molecule has 2 rings (SSSR count). The average molecular weight is 305 g/mol. The number of rotatable bonds is 5. The lowest BCUT2D eigenvalue weighted by Gasteiger charge is -2.11. The molecule has 112 valence electrons. The molecular formula is C15H19N3O2S. The Morgan fingerprint density at radius 2 is 1.86 bits per heavy atom. The Morgan fingerprint density at radius 3 is 2.48 bits per heavy atom. The monoisotopic (exact) mass is 305 g/mol. The predicted octanol–water partition coefficient (Wildman–Crippen LogP) is 1.64. The van der Waals surface area contributed by atoms with Crippen LogP contribution in [0.25, 0.3) is 0 Å². The van der Waals surface area contributed by atoms with Gasteiger partial charge < -0.3 is 5.73 Å². The Kier molecular flexibility index (Phi) is 4.72. The summed E-state index contributed by atoms with van der Waals surface area (Å²) < 4.78 is 27.4. The van der Waals surface area contributed by atoms with Gasteiger partial charge >= 0.3 is 0 Å². The molecule has 0 amide bonds. The zero-order valence-electron chi connectivity index (χ0n) is 12.1. The van der Waals surface area contributed by atoms with Crippen molar-refractivity contribution in [1.82, 2.24) is 9.71 Å². The predicted molar refractivity (Wildman–Crippen MR) is 82.1 cm³/mol. The highest BCUT2D eigenvalue weighted by Crippen LogP contribution is 2.17. The van der Waals surface area contributed by atoms with E-state index in [4.69, 9.17) is 5.73 Å². The highest BCUT2D eigenvalue weighted by molar-refractivity contribution is 7.89. The van der Waals surface area contributed by atoms with Gasteiger partial charge in [-0.3, -0.25) is 4.98 Å². The first-order valence-electron chi connectivity index (χ1n) is 6.63. The Bertz CT molecular complexity index is 725. The fourth-order valence-electron chi connectivity index (χ4n) is 1.92. The molecule has 0 aliphatic rings. The van der Waals surface area contributed by atoms with Gasteiger partial charge in [0.05, 0.1) is 4.90 Å². The normalized spacial score (nSPS) is 11.6. The number of sulfonamides is 1. The van der Waals surface area contributed by atoms with Gasteiger partial charge in [0.25, 0.3) is 0 Å². The maximum absolute atomic E-state index is 12.4. The molecule has 0 saturated carbocycles. The molecule has 0 atom stereocenters. The van der Waals surface area contributed by atoms with E-state index in [-0.39, 0.29) is 11.4 Å². The molecule has 0 aliphatic carbocycles. The Morgan fingerprint density at radius 1 is 1.14 bits per heavy atom. The molecular weight excluding hydrogens is 286 g/mol. The van der Waals surface area contributed by atoms with Crippen LogP contribution in [0.1, 0.15) is 22.4 Å². The second kappa shape index (κ2) is 6.34. The van der Waals surface area contributed by atoms with Gasteiger partial charge in [-0.05, 0) is 42.7 Å². The smallest absolute Gasteiger partial charge is 0.241 e. The second-order valence-corrected chi connectivity index (χ2v) is 6.67. The Balaban J connectivity index is 2.20. The van der Waals surface area contributed by atoms with Crippen molar-refractivity contribution in [1.29, 1.82) is 0 Å². The number of nitrogens with one attached hydrogen (secondary N) is 1. The van der Waals surface area contributed by atoms with E-state index in [9.17, 15) is 8.42 Å². The molecule has 0 saturated heterocycles. The van der Waals surface area contributed by atoms with Crippen LogP contribution in [0, 0.1) is 13.8 Å². The van der Waals surface area contributed by atoms with Gasteiger partial charge in [-0.15, -0.1) is 0 Å². The summed E-state index contributed by atoms with van der Waals surface area (Å²) in [6.07, 6.45) is 1.67. The summed E-state index contributed by atoms with van der Waals surface area (Å²) >= 11 is 0. The van der Waals surface area contributed by atoms with Crippen molar-refractivity contribution in [2.24, 2.45) is 5.73 Å². The molecule has 2 aromatic rings. The second-order valence-electron chi connectivity index (χ2n) is 4.94. The van der Waals surface area contributed by atoms with Gasteiger partial charge in [0.15, 0.2) is 0 Å². The van der Waals surface area contributed by atoms with Crippen LogP contribution in [0.2, 0.25) is 0 Å². The highest BCUT2D eigenvalue weighted by atomic mass is 32.2. The third kappa shape index (κ3) is 3.87. The first-order chi connectivity index (χ1) is 9.92. The molecule has 0 spiro atoms. The molecule has 21 heavy (non-hydrogen) atoms. The van der Waals surface area contributed by atoms with Crippen molar-refractivity contribution in [2.45, 2.75) is 31.8 Å². The third-order valence-corrected chi connectivity index (χ3v) is 4.76. The van der Waals surface area contributed by atoms with Gasteiger partial charge in [0.1, 0.15) is 0 Å². The number of nitrogens with zero attached hydrogens (tertiary/aromatic N) is 1. The van der Waals surface area contributed by atoms with Gasteiger partial charge in [-0.2, -0.15) is 0 Å². The van der Waals surface area contributed by atoms with Crippen LogP contribution in [0.3, 0.4) is 0 Å². The zero-order valence-corrected chi connectivity index (χ0v) is 12.9. The van der Waals surface area contributed by atoms with Crippen molar-refractivity contribution in [3.8, 4) is 0 Å². The first-order valence-corrected chi connectivity index (χ1v) is 8.11. The van der Waals surface area contributed by atoms with Crippen LogP contribution < -0.4 is 10.5 Å². The molecule has 5 nitrogen and oxygen atoms in total. The molecule has 1 heterocycles. The molecule has 1 aromatic heterocycles. The van der Waals surface area contributed by atoms with Crippen LogP contribution in [0.4, 0.5) is 0 Å². The number of aromatic nitrogens is 1. The fourth-order valence-corrected chi connectivity index (χ4v) is 3.23. The number of benzene rings is 1. The van der Waals surface area contributed by atoms with E-state index in [1.807, 2.05) is 25.1 Å². The SMILES string of the molecule is Cc1ccc(CNS(=O)(=O)c2cc(CN)ccc2C)cn1. The van der Waals surface area contributed by atoms with E-state index in [0.717, 1.165) is 16.8 Å². The Hall–Kier alpha value is -1.76. The molecule has 0 radical (unpaired) electrons. The topological polar surface area (TPSA) is 85.1 Å². The molecule has 0 fully saturated rings. The maximum atomic E-state index is 12.4. The molecule has 0 bridgehead atoms. The minimum absolute atomic E-state index is 0.210. The number of nitrogens with two attached hydrogens (primary N) is 1. The van der Waals surface area contributed by atoms with Crippen LogP contribution in [-0.2, 0) is 23.1 Å². The van der Waals surface area contributed by atoms with E-state index in [2.05, 4.69) is 9.71 Å². The van der Waals surface area contributed by atoms with E-state index in [0.29, 0.717) is 12.1 Å². The summed E-state index contributed by atoms with van der Waals surface area (Å²) in [6, 6.07) is 8.92. The number of hydrogen-bond donors (Lipinski definition) is 2. The largest absolute Gasteiger partial charge is 0.326 e. The zero-order chi connectivity index (χ0) is 15.5. The van der Waals surface area contributed by atoms with Crippen molar-refractivity contribution in [3.63, 3.8) is 0 Å². The summed E-state index contributed by atoms with van der Waals surface area (Å²) in [5.74, 6) is 0. The highest BCUT2D eigenvalue weighted by Gasteiger charge is 2.17. The van der Waals surface area contributed by atoms with Crippen LogP contribution in [0.5, 0.6) is 0 Å². The van der Waals surface area contributed by atoms with Crippen LogP contribution in [-0.4, -0.2) is 13.4 Å². The number of hydrogen-bond acceptors (Lipinski definition) is 4. The van der Waals surface area contributed by atoms with Gasteiger partial charge in [-0.1, -0.05) is 18.2 Å². The van der Waals surface area contributed by atoms with Crippen molar-refractivity contribution in [3.05, 3.63) is 58.9 Å². The van der Waals surface area contributed by atoms with E-state index in [1.165, 1.54) is 0 Å². The lowest BCUT2D eigenvalue weighted by molar-refractivity contribution is 0.580. The van der Waals surface area contributed by atoms with Crippen molar-refractivity contribution in [2.75, 3.05) is 0 Å². The minimum Gasteiger partial charge on any atom is -0.326 e. The summed E-state index contributed by atoms with van der Waals surface area (Å²) in [7, 11) is -3.57. The van der Waals surface area contributed by atoms with Crippen LogP contribution >= 0.6 is 0 Å². The maximum Gasteiger partial charge on any atom is 0.241 e. The molecule has 0 aliphatic heterocycles. The average Bonchev–Trinajstić information content (AvgIpc) is 2.47. The van der Waals surface area contributed by atoms with Gasteiger partial charge in [0, 0.05) is 25.0 Å². The lowest BCUT2D eigenvalue weighted by Crippen LogP contribution is -2.24. The van der Waals surface area contributed by atoms with Gasteiger partial charge in [-0.25, -0.2) is 13.1 Å². The number of aryl methyl sites for hydroxylation is 2. The van der Waals surface area contributed by atoms with E-state index in [1.54, 1.807) is 25.3 Å². The summed E-state index contributed by atoms with van der Waals surface area (Å²) in [5.41, 5.74) is 8.77. The molecule has 3 N–H and O–H groups in total. The van der Waals surface area contributed by atoms with Crippen molar-refractivity contribution < 1.29 is 8.42 Å². The summed E-state index contributed by atoms with van der Waals surface area (Å²) in [6.45, 7) is 4.17.